The van der Waals surface area contributed by atoms with Gasteiger partial charge in [0, 0.05) is 29.2 Å². The van der Waals surface area contributed by atoms with Gasteiger partial charge in [-0.25, -0.2) is 9.78 Å². The summed E-state index contributed by atoms with van der Waals surface area (Å²) in [7, 11) is 0. The number of amides is 3. The number of halogens is 1. The fraction of sp³-hybridized carbons (Fsp3) is 0.294. The SMILES string of the molecule is CC(=O)OCC1=C(C(=O)O)N2C(=O)C(NC(=O)/C(=C/Cl)c3csc(NC=O)n3)[C@H]2SC1. The number of carbonyl (C=O) groups is 5. The van der Waals surface area contributed by atoms with Crippen LogP contribution >= 0.6 is 34.7 Å². The molecule has 2 aliphatic rings. The van der Waals surface area contributed by atoms with E-state index in [0.29, 0.717) is 12.0 Å². The lowest BCUT2D eigenvalue weighted by Gasteiger charge is -2.49. The van der Waals surface area contributed by atoms with Crippen LogP contribution in [0, 0.1) is 0 Å². The van der Waals surface area contributed by atoms with Crippen LogP contribution in [0.4, 0.5) is 5.13 Å². The number of ether oxygens (including phenoxy) is 1. The van der Waals surface area contributed by atoms with E-state index in [1.165, 1.54) is 24.1 Å². The zero-order chi connectivity index (χ0) is 22.7. The summed E-state index contributed by atoms with van der Waals surface area (Å²) in [6, 6.07) is -0.972. The standard InChI is InChI=1S/C17H15ClN4O7S2/c1-7(24)29-3-8-4-30-15-11(14(26)22(15)12(8)16(27)28)21-13(25)9(2-18)10-5-31-17(20-10)19-6-23/h2,5-6,11,15H,3-4H2,1H3,(H,21,25)(H,27,28)(H,19,20,23)/b9-2+/t11?,15-/m1/s1. The van der Waals surface area contributed by atoms with Crippen LogP contribution in [0.25, 0.3) is 5.57 Å². The molecule has 164 valence electrons. The molecule has 0 bridgehead atoms. The van der Waals surface area contributed by atoms with Gasteiger partial charge < -0.3 is 20.5 Å². The number of carboxylic acids is 1. The van der Waals surface area contributed by atoms with E-state index in [1.54, 1.807) is 0 Å². The van der Waals surface area contributed by atoms with Gasteiger partial charge in [-0.05, 0) is 0 Å². The predicted molar refractivity (Wildman–Crippen MR) is 112 cm³/mol. The van der Waals surface area contributed by atoms with Gasteiger partial charge in [0.2, 0.25) is 6.41 Å². The first-order valence-electron chi connectivity index (χ1n) is 8.59. The summed E-state index contributed by atoms with van der Waals surface area (Å²) >= 11 is 8.09. The largest absolute Gasteiger partial charge is 0.477 e. The Morgan fingerprint density at radius 1 is 1.45 bits per heavy atom. The highest BCUT2D eigenvalue weighted by atomic mass is 35.5. The average molecular weight is 487 g/mol. The number of carbonyl (C=O) groups excluding carboxylic acids is 4. The summed E-state index contributed by atoms with van der Waals surface area (Å²) in [5.41, 5.74) is 1.23. The topological polar surface area (TPSA) is 155 Å². The number of aromatic nitrogens is 1. The van der Waals surface area contributed by atoms with Gasteiger partial charge in [-0.2, -0.15) is 0 Å². The van der Waals surface area contributed by atoms with Gasteiger partial charge in [-0.1, -0.05) is 11.6 Å². The monoisotopic (exact) mass is 486 g/mol. The molecule has 1 unspecified atom stereocenters. The Hall–Kier alpha value is -2.90. The van der Waals surface area contributed by atoms with Gasteiger partial charge in [-0.3, -0.25) is 24.1 Å². The molecule has 0 aliphatic carbocycles. The molecule has 0 aromatic carbocycles. The number of hydrogen-bond donors (Lipinski definition) is 3. The number of nitrogens with one attached hydrogen (secondary N) is 2. The maximum atomic E-state index is 12.7. The summed E-state index contributed by atoms with van der Waals surface area (Å²) in [5, 5.41) is 15.6. The van der Waals surface area contributed by atoms with E-state index in [2.05, 4.69) is 15.6 Å². The molecular formula is C17H15ClN4O7S2. The number of thiazole rings is 1. The van der Waals surface area contributed by atoms with Crippen LogP contribution in [-0.4, -0.2) is 68.9 Å². The van der Waals surface area contributed by atoms with Crippen molar-refractivity contribution in [1.82, 2.24) is 15.2 Å². The lowest BCUT2D eigenvalue weighted by Crippen LogP contribution is -2.70. The molecule has 31 heavy (non-hydrogen) atoms. The third-order valence-electron chi connectivity index (χ3n) is 4.30. The maximum Gasteiger partial charge on any atom is 0.352 e. The fourth-order valence-electron chi connectivity index (χ4n) is 2.94. The van der Waals surface area contributed by atoms with E-state index in [9.17, 15) is 29.1 Å². The minimum Gasteiger partial charge on any atom is -0.477 e. The lowest BCUT2D eigenvalue weighted by molar-refractivity contribution is -0.150. The van der Waals surface area contributed by atoms with Gasteiger partial charge in [-0.15, -0.1) is 23.1 Å². The predicted octanol–water partition coefficient (Wildman–Crippen LogP) is 0.593. The zero-order valence-electron chi connectivity index (χ0n) is 15.8. The van der Waals surface area contributed by atoms with Crippen molar-refractivity contribution in [3.8, 4) is 0 Å². The van der Waals surface area contributed by atoms with Crippen molar-refractivity contribution in [3.63, 3.8) is 0 Å². The molecular weight excluding hydrogens is 472 g/mol. The number of rotatable bonds is 8. The first kappa shape index (κ1) is 22.8. The van der Waals surface area contributed by atoms with Gasteiger partial charge in [0.25, 0.3) is 11.8 Å². The fourth-order valence-corrected chi connectivity index (χ4v) is 5.15. The number of hydrogen-bond acceptors (Lipinski definition) is 9. The van der Waals surface area contributed by atoms with Crippen LogP contribution < -0.4 is 10.6 Å². The van der Waals surface area contributed by atoms with E-state index in [-0.39, 0.29) is 34.5 Å². The van der Waals surface area contributed by atoms with E-state index in [4.69, 9.17) is 16.3 Å². The minimum absolute atomic E-state index is 0.0199. The number of fused-ring (bicyclic) bond motifs is 1. The zero-order valence-corrected chi connectivity index (χ0v) is 18.2. The molecule has 11 nitrogen and oxygen atoms in total. The van der Waals surface area contributed by atoms with E-state index >= 15 is 0 Å². The van der Waals surface area contributed by atoms with Crippen LogP contribution in [0.2, 0.25) is 0 Å². The number of esters is 1. The van der Waals surface area contributed by atoms with Gasteiger partial charge in [0.05, 0.1) is 11.3 Å². The Morgan fingerprint density at radius 2 is 2.19 bits per heavy atom. The summed E-state index contributed by atoms with van der Waals surface area (Å²) in [6.45, 7) is 0.958. The Bertz CT molecular complexity index is 1020. The molecule has 1 saturated heterocycles. The van der Waals surface area contributed by atoms with Crippen molar-refractivity contribution in [2.24, 2.45) is 0 Å². The quantitative estimate of drug-likeness (QED) is 0.207. The number of β-lactam (4-membered cyclic amide) rings is 1. The maximum absolute atomic E-state index is 12.7. The molecule has 2 atom stereocenters. The molecule has 3 heterocycles. The smallest absolute Gasteiger partial charge is 0.352 e. The summed E-state index contributed by atoms with van der Waals surface area (Å²) in [6.07, 6.45) is 0.442. The molecule has 1 aromatic rings. The van der Waals surface area contributed by atoms with Crippen LogP contribution in [0.3, 0.4) is 0 Å². The van der Waals surface area contributed by atoms with Gasteiger partial charge >= 0.3 is 11.9 Å². The van der Waals surface area contributed by atoms with Crippen LogP contribution in [0.15, 0.2) is 22.2 Å². The molecule has 2 aliphatic heterocycles. The molecule has 1 aromatic heterocycles. The third-order valence-corrected chi connectivity index (χ3v) is 6.63. The Balaban J connectivity index is 1.74. The second-order valence-electron chi connectivity index (χ2n) is 6.22. The van der Waals surface area contributed by atoms with Crippen LogP contribution in [-0.2, 0) is 28.7 Å². The average Bonchev–Trinajstić information content (AvgIpc) is 3.18. The molecule has 3 rings (SSSR count). The second kappa shape index (κ2) is 9.49. The Kier molecular flexibility index (Phi) is 6.97. The normalized spacial score (nSPS) is 20.5. The van der Waals surface area contributed by atoms with Crippen molar-refractivity contribution in [3.05, 3.63) is 27.9 Å². The van der Waals surface area contributed by atoms with E-state index < -0.39 is 35.2 Å². The Morgan fingerprint density at radius 3 is 2.81 bits per heavy atom. The van der Waals surface area contributed by atoms with Crippen molar-refractivity contribution < 1.29 is 33.8 Å². The number of thioether (sulfide) groups is 1. The molecule has 0 saturated carbocycles. The van der Waals surface area contributed by atoms with Crippen LogP contribution in [0.5, 0.6) is 0 Å². The first-order valence-corrected chi connectivity index (χ1v) is 11.0. The van der Waals surface area contributed by atoms with E-state index in [1.807, 2.05) is 0 Å². The lowest BCUT2D eigenvalue weighted by atomic mass is 10.0. The highest BCUT2D eigenvalue weighted by molar-refractivity contribution is 8.00. The number of nitrogens with zero attached hydrogens (tertiary/aromatic N) is 2. The summed E-state index contributed by atoms with van der Waals surface area (Å²) in [4.78, 5) is 63.7. The second-order valence-corrected chi connectivity index (χ2v) is 8.40. The highest BCUT2D eigenvalue weighted by Gasteiger charge is 2.54. The Labute approximate surface area is 188 Å². The van der Waals surface area contributed by atoms with Crippen molar-refractivity contribution in [2.45, 2.75) is 18.3 Å². The first-order chi connectivity index (χ1) is 14.8. The molecule has 3 N–H and O–H groups in total. The summed E-state index contributed by atoms with van der Waals surface area (Å²) < 4.78 is 4.87. The molecule has 3 amide bonds. The van der Waals surface area contributed by atoms with Crippen molar-refractivity contribution in [1.29, 1.82) is 0 Å². The third kappa shape index (κ3) is 4.57. The minimum atomic E-state index is -1.33. The molecule has 14 heteroatoms. The molecule has 0 spiro atoms. The molecule has 0 radical (unpaired) electrons. The van der Waals surface area contributed by atoms with Crippen molar-refractivity contribution >= 4 is 75.6 Å². The highest BCUT2D eigenvalue weighted by Crippen LogP contribution is 2.40. The number of aliphatic carboxylic acids is 1. The van der Waals surface area contributed by atoms with Crippen LogP contribution in [0.1, 0.15) is 12.6 Å². The molecule has 1 fully saturated rings. The number of anilines is 1. The van der Waals surface area contributed by atoms with E-state index in [0.717, 1.165) is 21.8 Å². The summed E-state index contributed by atoms with van der Waals surface area (Å²) in [5.74, 6) is -2.98. The number of carboxylic acid groups (broad SMARTS) is 1. The van der Waals surface area contributed by atoms with Gasteiger partial charge in [0.15, 0.2) is 5.13 Å². The van der Waals surface area contributed by atoms with Crippen molar-refractivity contribution in [2.75, 3.05) is 17.7 Å². The van der Waals surface area contributed by atoms with Gasteiger partial charge in [0.1, 0.15) is 23.7 Å².